The van der Waals surface area contributed by atoms with E-state index >= 15 is 0 Å². The minimum absolute atomic E-state index is 0.292. The zero-order chi connectivity index (χ0) is 22.9. The molecule has 174 valence electrons. The molecular formula is C25H25N5O4. The van der Waals surface area contributed by atoms with Gasteiger partial charge in [-0.15, -0.1) is 0 Å². The molecule has 1 N–H and O–H groups in total. The molecule has 2 aromatic carbocycles. The molecule has 2 aliphatic heterocycles. The SMILES string of the molecule is COc1ccc2nc(-c3ccc4c(c3)OCCO4)n(-c3ccnc(NC4CCOCC4)n3)c2c1. The van der Waals surface area contributed by atoms with Gasteiger partial charge in [-0.25, -0.2) is 9.97 Å². The molecule has 9 nitrogen and oxygen atoms in total. The van der Waals surface area contributed by atoms with Crippen LogP contribution in [0.3, 0.4) is 0 Å². The molecular weight excluding hydrogens is 434 g/mol. The van der Waals surface area contributed by atoms with Gasteiger partial charge in [-0.1, -0.05) is 0 Å². The van der Waals surface area contributed by atoms with Crippen molar-refractivity contribution < 1.29 is 18.9 Å². The number of aromatic nitrogens is 4. The maximum Gasteiger partial charge on any atom is 0.224 e. The predicted octanol–water partition coefficient (Wildman–Crippen LogP) is 3.85. The summed E-state index contributed by atoms with van der Waals surface area (Å²) >= 11 is 0. The van der Waals surface area contributed by atoms with Crippen molar-refractivity contribution in [3.8, 4) is 34.5 Å². The molecule has 2 aliphatic rings. The largest absolute Gasteiger partial charge is 0.497 e. The van der Waals surface area contributed by atoms with Crippen molar-refractivity contribution in [2.45, 2.75) is 18.9 Å². The van der Waals surface area contributed by atoms with E-state index in [4.69, 9.17) is 28.9 Å². The third kappa shape index (κ3) is 3.88. The van der Waals surface area contributed by atoms with E-state index in [1.807, 2.05) is 47.0 Å². The molecule has 0 amide bonds. The van der Waals surface area contributed by atoms with E-state index in [9.17, 15) is 0 Å². The Morgan fingerprint density at radius 3 is 2.65 bits per heavy atom. The molecule has 0 radical (unpaired) electrons. The molecule has 2 aromatic heterocycles. The number of hydrogen-bond acceptors (Lipinski definition) is 8. The van der Waals surface area contributed by atoms with Gasteiger partial charge in [0.25, 0.3) is 0 Å². The summed E-state index contributed by atoms with van der Waals surface area (Å²) in [6, 6.07) is 13.9. The summed E-state index contributed by atoms with van der Waals surface area (Å²) in [7, 11) is 1.66. The van der Waals surface area contributed by atoms with Crippen molar-refractivity contribution in [1.29, 1.82) is 0 Å². The number of nitrogens with zero attached hydrogens (tertiary/aromatic N) is 4. The van der Waals surface area contributed by atoms with Crippen molar-refractivity contribution in [1.82, 2.24) is 19.5 Å². The van der Waals surface area contributed by atoms with E-state index in [0.29, 0.717) is 36.8 Å². The van der Waals surface area contributed by atoms with Crippen LogP contribution in [0.25, 0.3) is 28.2 Å². The molecule has 0 atom stereocenters. The fraction of sp³-hybridized carbons (Fsp3) is 0.320. The highest BCUT2D eigenvalue weighted by atomic mass is 16.6. The Hall–Kier alpha value is -3.85. The van der Waals surface area contributed by atoms with E-state index in [1.165, 1.54) is 0 Å². The van der Waals surface area contributed by atoms with Crippen LogP contribution in [0.2, 0.25) is 0 Å². The zero-order valence-corrected chi connectivity index (χ0v) is 18.9. The maximum absolute atomic E-state index is 5.82. The smallest absolute Gasteiger partial charge is 0.224 e. The average Bonchev–Trinajstić information content (AvgIpc) is 3.28. The van der Waals surface area contributed by atoms with Gasteiger partial charge in [-0.05, 0) is 49.2 Å². The molecule has 34 heavy (non-hydrogen) atoms. The highest BCUT2D eigenvalue weighted by Crippen LogP contribution is 2.36. The number of hydrogen-bond donors (Lipinski definition) is 1. The first-order valence-corrected chi connectivity index (χ1v) is 11.4. The Balaban J connectivity index is 1.47. The molecule has 4 heterocycles. The first kappa shape index (κ1) is 20.7. The highest BCUT2D eigenvalue weighted by molar-refractivity contribution is 5.84. The van der Waals surface area contributed by atoms with Gasteiger partial charge in [-0.3, -0.25) is 4.57 Å². The van der Waals surface area contributed by atoms with E-state index < -0.39 is 0 Å². The average molecular weight is 460 g/mol. The monoisotopic (exact) mass is 459 g/mol. The van der Waals surface area contributed by atoms with Gasteiger partial charge in [0.2, 0.25) is 5.95 Å². The van der Waals surface area contributed by atoms with Crippen LogP contribution in [-0.4, -0.2) is 59.1 Å². The number of fused-ring (bicyclic) bond motifs is 2. The fourth-order valence-corrected chi connectivity index (χ4v) is 4.36. The molecule has 1 saturated heterocycles. The van der Waals surface area contributed by atoms with Gasteiger partial charge >= 0.3 is 0 Å². The van der Waals surface area contributed by atoms with Crippen LogP contribution in [-0.2, 0) is 4.74 Å². The second-order valence-electron chi connectivity index (χ2n) is 8.25. The van der Waals surface area contributed by atoms with E-state index in [0.717, 1.165) is 60.0 Å². The lowest BCUT2D eigenvalue weighted by Crippen LogP contribution is -2.28. The first-order chi connectivity index (χ1) is 16.8. The fourth-order valence-electron chi connectivity index (χ4n) is 4.36. The Morgan fingerprint density at radius 1 is 0.941 bits per heavy atom. The second kappa shape index (κ2) is 8.83. The predicted molar refractivity (Wildman–Crippen MR) is 127 cm³/mol. The van der Waals surface area contributed by atoms with Gasteiger partial charge in [-0.2, -0.15) is 4.98 Å². The van der Waals surface area contributed by atoms with Crippen molar-refractivity contribution in [3.05, 3.63) is 48.7 Å². The molecule has 1 fully saturated rings. The molecule has 4 aromatic rings. The van der Waals surface area contributed by atoms with Crippen LogP contribution in [0.1, 0.15) is 12.8 Å². The van der Waals surface area contributed by atoms with E-state index in [-0.39, 0.29) is 0 Å². The van der Waals surface area contributed by atoms with Crippen LogP contribution in [0.15, 0.2) is 48.7 Å². The molecule has 0 spiro atoms. The number of rotatable bonds is 5. The summed E-state index contributed by atoms with van der Waals surface area (Å²) in [5.41, 5.74) is 2.63. The lowest BCUT2D eigenvalue weighted by Gasteiger charge is -2.23. The molecule has 6 rings (SSSR count). The third-order valence-corrected chi connectivity index (χ3v) is 6.09. The molecule has 0 aliphatic carbocycles. The second-order valence-corrected chi connectivity index (χ2v) is 8.25. The molecule has 0 unspecified atom stereocenters. The maximum atomic E-state index is 5.82. The van der Waals surface area contributed by atoms with Crippen LogP contribution < -0.4 is 19.5 Å². The summed E-state index contributed by atoms with van der Waals surface area (Å²) in [6.07, 6.45) is 3.63. The van der Waals surface area contributed by atoms with Gasteiger partial charge < -0.3 is 24.3 Å². The minimum atomic E-state index is 0.292. The molecule has 0 saturated carbocycles. The summed E-state index contributed by atoms with van der Waals surface area (Å²) < 4.78 is 24.5. The Labute approximate surface area is 196 Å². The third-order valence-electron chi connectivity index (χ3n) is 6.09. The first-order valence-electron chi connectivity index (χ1n) is 11.4. The molecule has 9 heteroatoms. The van der Waals surface area contributed by atoms with E-state index in [2.05, 4.69) is 10.3 Å². The van der Waals surface area contributed by atoms with Crippen molar-refractivity contribution in [2.75, 3.05) is 38.9 Å². The number of imidazole rings is 1. The quantitative estimate of drug-likeness (QED) is 0.481. The number of methoxy groups -OCH3 is 1. The highest BCUT2D eigenvalue weighted by Gasteiger charge is 2.20. The van der Waals surface area contributed by atoms with Crippen LogP contribution in [0, 0.1) is 0 Å². The number of anilines is 1. The van der Waals surface area contributed by atoms with Crippen molar-refractivity contribution in [2.24, 2.45) is 0 Å². The van der Waals surface area contributed by atoms with Crippen LogP contribution in [0.4, 0.5) is 5.95 Å². The topological polar surface area (TPSA) is 92.5 Å². The van der Waals surface area contributed by atoms with Crippen LogP contribution in [0.5, 0.6) is 17.2 Å². The van der Waals surface area contributed by atoms with Crippen molar-refractivity contribution in [3.63, 3.8) is 0 Å². The number of nitrogens with one attached hydrogen (secondary N) is 1. The lowest BCUT2D eigenvalue weighted by atomic mass is 10.1. The normalized spacial score (nSPS) is 15.9. The molecule has 0 bridgehead atoms. The Bertz CT molecular complexity index is 1330. The van der Waals surface area contributed by atoms with Gasteiger partial charge in [0.15, 0.2) is 11.5 Å². The van der Waals surface area contributed by atoms with Crippen LogP contribution >= 0.6 is 0 Å². The van der Waals surface area contributed by atoms with Gasteiger partial charge in [0, 0.05) is 37.1 Å². The summed E-state index contributed by atoms with van der Waals surface area (Å²) in [6.45, 7) is 2.57. The summed E-state index contributed by atoms with van der Waals surface area (Å²) in [4.78, 5) is 14.3. The number of benzene rings is 2. The summed E-state index contributed by atoms with van der Waals surface area (Å²) in [5.74, 6) is 4.24. The van der Waals surface area contributed by atoms with E-state index in [1.54, 1.807) is 13.3 Å². The Kier molecular flexibility index (Phi) is 5.38. The minimum Gasteiger partial charge on any atom is -0.497 e. The zero-order valence-electron chi connectivity index (χ0n) is 18.9. The summed E-state index contributed by atoms with van der Waals surface area (Å²) in [5, 5.41) is 3.46. The number of ether oxygens (including phenoxy) is 4. The van der Waals surface area contributed by atoms with Gasteiger partial charge in [0.1, 0.15) is 30.6 Å². The lowest BCUT2D eigenvalue weighted by molar-refractivity contribution is 0.0903. The Morgan fingerprint density at radius 2 is 1.79 bits per heavy atom. The van der Waals surface area contributed by atoms with Gasteiger partial charge in [0.05, 0.1) is 18.1 Å². The standard InChI is InChI=1S/C25H25N5O4/c1-31-18-3-4-19-20(15-18)30(23-6-9-26-25(29-23)27-17-7-10-32-11-8-17)24(28-19)16-2-5-21-22(14-16)34-13-12-33-21/h2-6,9,14-15,17H,7-8,10-13H2,1H3,(H,26,27,29). The van der Waals surface area contributed by atoms with Crippen molar-refractivity contribution >= 4 is 17.0 Å².